The molecule has 0 spiro atoms. The number of hydrogen-bond donors (Lipinski definition) is 2. The molecule has 0 aromatic heterocycles. The number of aliphatic hydroxyl groups is 1. The van der Waals surface area contributed by atoms with Crippen molar-refractivity contribution in [1.29, 1.82) is 0 Å². The van der Waals surface area contributed by atoms with E-state index >= 15 is 0 Å². The van der Waals surface area contributed by atoms with E-state index < -0.39 is 11.0 Å². The zero-order valence-electron chi connectivity index (χ0n) is 16.5. The molecule has 156 valence electrons. The zero-order chi connectivity index (χ0) is 21.5. The van der Waals surface area contributed by atoms with Crippen LogP contribution in [0.1, 0.15) is 36.6 Å². The third-order valence-corrected chi connectivity index (χ3v) is 5.23. The van der Waals surface area contributed by atoms with Crippen LogP contribution in [0.2, 0.25) is 0 Å². The van der Waals surface area contributed by atoms with E-state index in [4.69, 9.17) is 4.74 Å². The monoisotopic (exact) mass is 470 g/mol. The highest BCUT2D eigenvalue weighted by atomic mass is 79.9. The standard InChI is InChI=1S/C23H23BrN2O4/c1-2-30-21-12-8-16(9-13-21)22(15-23(27)17-6-10-18(24)11-7-17)25-19-4-3-5-20(14-19)26(28)29/h3-14,22-23,25,27H,2,15H2,1H3. The molecule has 3 aromatic rings. The van der Waals surface area contributed by atoms with Gasteiger partial charge < -0.3 is 15.2 Å². The summed E-state index contributed by atoms with van der Waals surface area (Å²) >= 11 is 3.40. The second-order valence-corrected chi connectivity index (χ2v) is 7.73. The van der Waals surface area contributed by atoms with E-state index in [0.29, 0.717) is 18.7 Å². The Hall–Kier alpha value is -2.90. The number of nitro benzene ring substituents is 1. The van der Waals surface area contributed by atoms with E-state index in [-0.39, 0.29) is 11.7 Å². The van der Waals surface area contributed by atoms with Crippen LogP contribution in [0.5, 0.6) is 5.75 Å². The van der Waals surface area contributed by atoms with Gasteiger partial charge in [0.25, 0.3) is 5.69 Å². The Morgan fingerprint density at radius 1 is 1.07 bits per heavy atom. The van der Waals surface area contributed by atoms with Crippen LogP contribution in [0.25, 0.3) is 0 Å². The van der Waals surface area contributed by atoms with E-state index in [2.05, 4.69) is 21.2 Å². The zero-order valence-corrected chi connectivity index (χ0v) is 18.1. The highest BCUT2D eigenvalue weighted by Crippen LogP contribution is 2.32. The number of rotatable bonds is 9. The molecule has 0 bridgehead atoms. The van der Waals surface area contributed by atoms with Gasteiger partial charge in [-0.3, -0.25) is 10.1 Å². The minimum atomic E-state index is -0.708. The molecule has 0 amide bonds. The lowest BCUT2D eigenvalue weighted by molar-refractivity contribution is -0.384. The maximum Gasteiger partial charge on any atom is 0.271 e. The summed E-state index contributed by atoms with van der Waals surface area (Å²) in [5.41, 5.74) is 2.38. The predicted molar refractivity (Wildman–Crippen MR) is 121 cm³/mol. The summed E-state index contributed by atoms with van der Waals surface area (Å²) in [6.45, 7) is 2.51. The van der Waals surface area contributed by atoms with E-state index in [1.165, 1.54) is 12.1 Å². The molecule has 0 aliphatic heterocycles. The van der Waals surface area contributed by atoms with Gasteiger partial charge >= 0.3 is 0 Å². The van der Waals surface area contributed by atoms with Crippen molar-refractivity contribution >= 4 is 27.3 Å². The highest BCUT2D eigenvalue weighted by molar-refractivity contribution is 9.10. The van der Waals surface area contributed by atoms with E-state index in [9.17, 15) is 15.2 Å². The molecule has 0 saturated heterocycles. The number of benzene rings is 3. The SMILES string of the molecule is CCOc1ccc(C(CC(O)c2ccc(Br)cc2)Nc2cccc([N+](=O)[O-])c2)cc1. The van der Waals surface area contributed by atoms with Gasteiger partial charge in [0.15, 0.2) is 0 Å². The molecule has 2 unspecified atom stereocenters. The van der Waals surface area contributed by atoms with Crippen LogP contribution in [-0.4, -0.2) is 16.6 Å². The Morgan fingerprint density at radius 3 is 2.37 bits per heavy atom. The molecule has 6 nitrogen and oxygen atoms in total. The first kappa shape index (κ1) is 21.8. The lowest BCUT2D eigenvalue weighted by Gasteiger charge is -2.24. The quantitative estimate of drug-likeness (QED) is 0.294. The Labute approximate surface area is 183 Å². The number of hydrogen-bond acceptors (Lipinski definition) is 5. The maximum absolute atomic E-state index is 11.1. The number of anilines is 1. The van der Waals surface area contributed by atoms with Crippen LogP contribution < -0.4 is 10.1 Å². The second-order valence-electron chi connectivity index (χ2n) is 6.81. The Kier molecular flexibility index (Phi) is 7.43. The largest absolute Gasteiger partial charge is 0.494 e. The third kappa shape index (κ3) is 5.81. The number of non-ortho nitro benzene ring substituents is 1. The van der Waals surface area contributed by atoms with Crippen LogP contribution in [0.15, 0.2) is 77.3 Å². The summed E-state index contributed by atoms with van der Waals surface area (Å²) < 4.78 is 6.45. The van der Waals surface area contributed by atoms with Gasteiger partial charge in [-0.05, 0) is 48.4 Å². The summed E-state index contributed by atoms with van der Waals surface area (Å²) in [7, 11) is 0. The van der Waals surface area contributed by atoms with Gasteiger partial charge in [-0.1, -0.05) is 46.3 Å². The number of nitrogens with zero attached hydrogens (tertiary/aromatic N) is 1. The normalized spacial score (nSPS) is 12.8. The van der Waals surface area contributed by atoms with Gasteiger partial charge in [-0.25, -0.2) is 0 Å². The molecule has 0 aliphatic carbocycles. The first-order valence-corrected chi connectivity index (χ1v) is 10.4. The molecule has 0 fully saturated rings. The fourth-order valence-electron chi connectivity index (χ4n) is 3.20. The molecule has 0 saturated carbocycles. The van der Waals surface area contributed by atoms with Crippen molar-refractivity contribution in [3.63, 3.8) is 0 Å². The van der Waals surface area contributed by atoms with Gasteiger partial charge in [0.2, 0.25) is 0 Å². The van der Waals surface area contributed by atoms with Crippen molar-refractivity contribution < 1.29 is 14.8 Å². The van der Waals surface area contributed by atoms with Crippen molar-refractivity contribution in [2.24, 2.45) is 0 Å². The van der Waals surface area contributed by atoms with E-state index in [1.807, 2.05) is 55.5 Å². The minimum absolute atomic E-state index is 0.0129. The van der Waals surface area contributed by atoms with Crippen molar-refractivity contribution in [3.8, 4) is 5.75 Å². The summed E-state index contributed by atoms with van der Waals surface area (Å²) in [6.07, 6.45) is -0.320. The third-order valence-electron chi connectivity index (χ3n) is 4.71. The Bertz CT molecular complexity index is 977. The number of nitro groups is 1. The van der Waals surface area contributed by atoms with Crippen LogP contribution in [0, 0.1) is 10.1 Å². The van der Waals surface area contributed by atoms with Crippen molar-refractivity contribution in [2.75, 3.05) is 11.9 Å². The van der Waals surface area contributed by atoms with Gasteiger partial charge in [0, 0.05) is 28.7 Å². The Morgan fingerprint density at radius 2 is 1.73 bits per heavy atom. The first-order chi connectivity index (χ1) is 14.5. The highest BCUT2D eigenvalue weighted by Gasteiger charge is 2.19. The number of nitrogens with one attached hydrogen (secondary N) is 1. The van der Waals surface area contributed by atoms with Crippen LogP contribution in [-0.2, 0) is 0 Å². The van der Waals surface area contributed by atoms with Gasteiger partial charge in [0.05, 0.1) is 23.7 Å². The summed E-state index contributed by atoms with van der Waals surface area (Å²) in [5.74, 6) is 0.767. The smallest absolute Gasteiger partial charge is 0.271 e. The lowest BCUT2D eigenvalue weighted by Crippen LogP contribution is -2.15. The predicted octanol–water partition coefficient (Wildman–Crippen LogP) is 6.03. The molecule has 0 heterocycles. The molecule has 2 N–H and O–H groups in total. The first-order valence-electron chi connectivity index (χ1n) is 9.63. The molecule has 0 aliphatic rings. The molecule has 30 heavy (non-hydrogen) atoms. The fraction of sp³-hybridized carbons (Fsp3) is 0.217. The van der Waals surface area contributed by atoms with Crippen LogP contribution in [0.3, 0.4) is 0 Å². The Balaban J connectivity index is 1.86. The van der Waals surface area contributed by atoms with Crippen molar-refractivity contribution in [3.05, 3.63) is 98.5 Å². The number of halogens is 1. The molecule has 3 aromatic carbocycles. The van der Waals surface area contributed by atoms with Crippen molar-refractivity contribution in [1.82, 2.24) is 0 Å². The number of aliphatic hydroxyl groups excluding tert-OH is 1. The fourth-order valence-corrected chi connectivity index (χ4v) is 3.46. The maximum atomic E-state index is 11.1. The van der Waals surface area contributed by atoms with Gasteiger partial charge in [-0.15, -0.1) is 0 Å². The van der Waals surface area contributed by atoms with Crippen LogP contribution in [0.4, 0.5) is 11.4 Å². The van der Waals surface area contributed by atoms with Gasteiger partial charge in [-0.2, -0.15) is 0 Å². The lowest BCUT2D eigenvalue weighted by atomic mass is 9.96. The average molecular weight is 471 g/mol. The molecule has 7 heteroatoms. The van der Waals surface area contributed by atoms with Gasteiger partial charge in [0.1, 0.15) is 5.75 Å². The molecule has 3 rings (SSSR count). The minimum Gasteiger partial charge on any atom is -0.494 e. The average Bonchev–Trinajstić information content (AvgIpc) is 2.74. The topological polar surface area (TPSA) is 84.6 Å². The number of ether oxygens (including phenoxy) is 1. The van der Waals surface area contributed by atoms with Crippen LogP contribution >= 0.6 is 15.9 Å². The molecular weight excluding hydrogens is 448 g/mol. The molecular formula is C23H23BrN2O4. The molecule has 0 radical (unpaired) electrons. The summed E-state index contributed by atoms with van der Waals surface area (Å²) in [5, 5.41) is 25.3. The van der Waals surface area contributed by atoms with E-state index in [1.54, 1.807) is 12.1 Å². The summed E-state index contributed by atoms with van der Waals surface area (Å²) in [6, 6.07) is 21.3. The van der Waals surface area contributed by atoms with E-state index in [0.717, 1.165) is 21.3 Å². The molecule has 2 atom stereocenters. The summed E-state index contributed by atoms with van der Waals surface area (Å²) in [4.78, 5) is 10.7. The second kappa shape index (κ2) is 10.2. The van der Waals surface area contributed by atoms with Crippen molar-refractivity contribution in [2.45, 2.75) is 25.5 Å².